The highest BCUT2D eigenvalue weighted by molar-refractivity contribution is 5.87. The molecule has 1 aliphatic carbocycles. The van der Waals surface area contributed by atoms with Gasteiger partial charge in [0.1, 0.15) is 5.69 Å². The van der Waals surface area contributed by atoms with Gasteiger partial charge in [0.15, 0.2) is 5.69 Å². The summed E-state index contributed by atoms with van der Waals surface area (Å²) in [6.45, 7) is 1.22. The van der Waals surface area contributed by atoms with Crippen LogP contribution in [-0.4, -0.2) is 44.0 Å². The maximum absolute atomic E-state index is 12.5. The number of rotatable bonds is 8. The van der Waals surface area contributed by atoms with Crippen molar-refractivity contribution in [1.29, 1.82) is 0 Å². The van der Waals surface area contributed by atoms with E-state index in [2.05, 4.69) is 11.1 Å². The summed E-state index contributed by atoms with van der Waals surface area (Å²) >= 11 is 0. The Hall–Kier alpha value is -1.76. The number of ether oxygens (including phenoxy) is 1. The largest absolute Gasteiger partial charge is 0.622 e. The lowest BCUT2D eigenvalue weighted by atomic mass is 10.1. The van der Waals surface area contributed by atoms with E-state index in [1.54, 1.807) is 0 Å². The molecule has 1 heterocycles. The number of esters is 1. The molecule has 1 atom stereocenters. The van der Waals surface area contributed by atoms with Crippen LogP contribution in [-0.2, 0) is 22.4 Å². The number of aliphatic imine (C=N–C) groups is 1. The van der Waals surface area contributed by atoms with Crippen molar-refractivity contribution in [2.75, 3.05) is 27.2 Å². The Bertz CT molecular complexity index is 670. The number of fused-ring (bicyclic) bond motifs is 2. The van der Waals surface area contributed by atoms with Crippen molar-refractivity contribution in [3.63, 3.8) is 0 Å². The van der Waals surface area contributed by atoms with E-state index in [4.69, 9.17) is 4.74 Å². The molecule has 0 amide bonds. The number of nitrogens with one attached hydrogen (secondary N) is 1. The van der Waals surface area contributed by atoms with E-state index < -0.39 is 0 Å². The molecule has 1 aromatic carbocycles. The zero-order chi connectivity index (χ0) is 17.8. The van der Waals surface area contributed by atoms with Gasteiger partial charge >= 0.3 is 5.97 Å². The van der Waals surface area contributed by atoms with Crippen LogP contribution in [0.25, 0.3) is 0 Å². The maximum Gasteiger partial charge on any atom is 0.305 e. The summed E-state index contributed by atoms with van der Waals surface area (Å²) in [6, 6.07) is 4.11. The summed E-state index contributed by atoms with van der Waals surface area (Å²) in [5, 5.41) is 12.5. The first-order chi connectivity index (χ1) is 12.0. The van der Waals surface area contributed by atoms with Crippen molar-refractivity contribution in [2.24, 2.45) is 4.99 Å². The van der Waals surface area contributed by atoms with E-state index in [9.17, 15) is 10.0 Å². The molecule has 0 saturated carbocycles. The number of benzene rings is 1. The lowest BCUT2D eigenvalue weighted by Crippen LogP contribution is -3.03. The summed E-state index contributed by atoms with van der Waals surface area (Å²) in [5.74, 6) is 0.434. The first-order valence-electron chi connectivity index (χ1n) is 9.13. The van der Waals surface area contributed by atoms with Crippen LogP contribution >= 0.6 is 0 Å². The van der Waals surface area contributed by atoms with E-state index >= 15 is 0 Å². The van der Waals surface area contributed by atoms with Crippen LogP contribution in [0.4, 0.5) is 11.4 Å². The zero-order valence-corrected chi connectivity index (χ0v) is 15.1. The molecule has 0 radical (unpaired) electrons. The number of hydrogen-bond donors (Lipinski definition) is 1. The van der Waals surface area contributed by atoms with Gasteiger partial charge in [-0.05, 0) is 69.9 Å². The predicted octanol–water partition coefficient (Wildman–Crippen LogP) is 1.90. The second-order valence-corrected chi connectivity index (χ2v) is 7.11. The molecule has 6 heteroatoms. The number of amidine groups is 1. The number of hydroxylamine groups is 1. The zero-order valence-electron chi connectivity index (χ0n) is 15.1. The van der Waals surface area contributed by atoms with Gasteiger partial charge in [-0.3, -0.25) is 9.86 Å². The van der Waals surface area contributed by atoms with Gasteiger partial charge in [-0.2, -0.15) is 4.99 Å². The van der Waals surface area contributed by atoms with Crippen LogP contribution in [0.1, 0.15) is 43.2 Å². The Labute approximate surface area is 149 Å². The summed E-state index contributed by atoms with van der Waals surface area (Å²) in [7, 11) is 3.97. The number of aryl methyl sites for hydroxylation is 2. The third-order valence-electron chi connectivity index (χ3n) is 4.78. The average molecular weight is 345 g/mol. The van der Waals surface area contributed by atoms with Gasteiger partial charge in [0.25, 0.3) is 0 Å². The Balaban J connectivity index is 1.43. The molecule has 25 heavy (non-hydrogen) atoms. The van der Waals surface area contributed by atoms with Gasteiger partial charge in [0.2, 0.25) is 5.84 Å². The first-order valence-corrected chi connectivity index (χ1v) is 9.13. The van der Waals surface area contributed by atoms with Crippen LogP contribution in [0, 0.1) is 5.21 Å². The fourth-order valence-corrected chi connectivity index (χ4v) is 3.44. The number of nitrogens with zero attached hydrogens (tertiary/aromatic N) is 2. The van der Waals surface area contributed by atoms with Gasteiger partial charge in [-0.25, -0.2) is 0 Å². The van der Waals surface area contributed by atoms with Crippen LogP contribution in [0.15, 0.2) is 17.1 Å². The summed E-state index contributed by atoms with van der Waals surface area (Å²) < 4.78 is 5.24. The van der Waals surface area contributed by atoms with Crippen molar-refractivity contribution in [3.8, 4) is 0 Å². The summed E-state index contributed by atoms with van der Waals surface area (Å²) in [5.41, 5.74) is 4.20. The SMILES string of the molecule is CN(C)CCCC(=O)OCCCC1=Nc2cc3c(cc2[NH+]1[O-])CCC3. The van der Waals surface area contributed by atoms with Crippen molar-refractivity contribution < 1.29 is 14.6 Å². The topological polar surface area (TPSA) is 69.4 Å². The van der Waals surface area contributed by atoms with E-state index in [0.29, 0.717) is 31.7 Å². The Morgan fingerprint density at radius 2 is 2.04 bits per heavy atom. The molecule has 0 spiro atoms. The van der Waals surface area contributed by atoms with Crippen molar-refractivity contribution in [2.45, 2.75) is 44.9 Å². The van der Waals surface area contributed by atoms with E-state index in [-0.39, 0.29) is 11.0 Å². The second-order valence-electron chi connectivity index (χ2n) is 7.11. The molecule has 3 rings (SSSR count). The average Bonchev–Trinajstić information content (AvgIpc) is 3.14. The number of carbonyl (C=O) groups excluding carboxylic acids is 1. The Morgan fingerprint density at radius 3 is 2.80 bits per heavy atom. The van der Waals surface area contributed by atoms with Crippen LogP contribution in [0.3, 0.4) is 0 Å². The third kappa shape index (κ3) is 4.45. The molecule has 2 aliphatic rings. The minimum Gasteiger partial charge on any atom is -0.622 e. The fraction of sp³-hybridized carbons (Fsp3) is 0.579. The van der Waals surface area contributed by atoms with E-state index in [0.717, 1.165) is 37.2 Å². The molecule has 1 aliphatic heterocycles. The van der Waals surface area contributed by atoms with Crippen molar-refractivity contribution in [3.05, 3.63) is 28.5 Å². The third-order valence-corrected chi connectivity index (χ3v) is 4.78. The van der Waals surface area contributed by atoms with Crippen LogP contribution in [0.5, 0.6) is 0 Å². The van der Waals surface area contributed by atoms with Gasteiger partial charge in [0.05, 0.1) is 6.61 Å². The van der Waals surface area contributed by atoms with Crippen LogP contribution < -0.4 is 5.06 Å². The van der Waals surface area contributed by atoms with Crippen molar-refractivity contribution >= 4 is 23.2 Å². The number of carbonyl (C=O) groups is 1. The molecule has 136 valence electrons. The highest BCUT2D eigenvalue weighted by Crippen LogP contribution is 2.33. The molecular weight excluding hydrogens is 318 g/mol. The molecule has 1 unspecified atom stereocenters. The quantitative estimate of drug-likeness (QED) is 0.444. The van der Waals surface area contributed by atoms with Gasteiger partial charge < -0.3 is 14.8 Å². The Morgan fingerprint density at radius 1 is 1.28 bits per heavy atom. The molecule has 1 N–H and O–H groups in total. The second kappa shape index (κ2) is 8.08. The number of hydrogen-bond acceptors (Lipinski definition) is 5. The van der Waals surface area contributed by atoms with E-state index in [1.165, 1.54) is 17.5 Å². The molecule has 0 saturated heterocycles. The molecule has 1 aromatic rings. The van der Waals surface area contributed by atoms with Gasteiger partial charge in [0, 0.05) is 18.9 Å². The normalized spacial score (nSPS) is 18.2. The minimum absolute atomic E-state index is 0.0435. The highest BCUT2D eigenvalue weighted by atomic mass is 16.5. The Kier molecular flexibility index (Phi) is 5.83. The van der Waals surface area contributed by atoms with Gasteiger partial charge in [-0.1, -0.05) is 0 Å². The van der Waals surface area contributed by atoms with E-state index in [1.807, 2.05) is 25.1 Å². The lowest BCUT2D eigenvalue weighted by Gasteiger charge is -2.18. The number of quaternary nitrogens is 1. The lowest BCUT2D eigenvalue weighted by molar-refractivity contribution is -0.665. The highest BCUT2D eigenvalue weighted by Gasteiger charge is 2.26. The molecule has 0 bridgehead atoms. The first kappa shape index (κ1) is 18.0. The smallest absolute Gasteiger partial charge is 0.305 e. The van der Waals surface area contributed by atoms with Crippen molar-refractivity contribution in [1.82, 2.24) is 4.90 Å². The molecule has 6 nitrogen and oxygen atoms in total. The predicted molar refractivity (Wildman–Crippen MR) is 97.5 cm³/mol. The standard InChI is InChI=1S/C19H27N3O3/c1-21(2)10-4-9-19(23)25-11-5-8-18-20-16-12-14-6-3-7-15(14)13-17(16)22(18)24/h12-13,22H,3-11H2,1-2H3. The monoisotopic (exact) mass is 345 g/mol. The maximum atomic E-state index is 12.5. The minimum atomic E-state index is -0.166. The molecular formula is C19H27N3O3. The summed E-state index contributed by atoms with van der Waals surface area (Å²) in [6.07, 6.45) is 5.76. The molecule has 0 aromatic heterocycles. The van der Waals surface area contributed by atoms with Gasteiger partial charge in [-0.15, -0.1) is 0 Å². The van der Waals surface area contributed by atoms with Crippen LogP contribution in [0.2, 0.25) is 0 Å². The molecule has 0 fully saturated rings. The summed E-state index contributed by atoms with van der Waals surface area (Å²) in [4.78, 5) is 18.2. The fourth-order valence-electron chi connectivity index (χ4n) is 3.44.